The molecule has 0 aliphatic heterocycles. The molecule has 0 aromatic heterocycles. The Labute approximate surface area is 93.3 Å². The summed E-state index contributed by atoms with van der Waals surface area (Å²) in [5.74, 6) is -0.368. The summed E-state index contributed by atoms with van der Waals surface area (Å²) >= 11 is 0. The maximum absolute atomic E-state index is 11.8. The quantitative estimate of drug-likeness (QED) is 0.504. The van der Waals surface area contributed by atoms with Gasteiger partial charge in [0.15, 0.2) is 0 Å². The zero-order valence-corrected chi connectivity index (χ0v) is 9.25. The summed E-state index contributed by atoms with van der Waals surface area (Å²) in [4.78, 5) is 11.3. The number of rotatable bonds is 8. The lowest BCUT2D eigenvalue weighted by molar-refractivity contribution is -0.143. The van der Waals surface area contributed by atoms with Crippen LogP contribution in [-0.4, -0.2) is 44.8 Å². The van der Waals surface area contributed by atoms with Gasteiger partial charge in [0.1, 0.15) is 12.6 Å². The van der Waals surface area contributed by atoms with Gasteiger partial charge in [-0.3, -0.25) is 4.79 Å². The number of hydrogen-bond donors (Lipinski definition) is 1. The molecule has 0 heterocycles. The average molecular weight is 237 g/mol. The number of esters is 1. The molecule has 1 N–H and O–H groups in total. The lowest BCUT2D eigenvalue weighted by Gasteiger charge is -2.15. The molecule has 94 valence electrons. The molecule has 0 saturated heterocycles. The van der Waals surface area contributed by atoms with Crippen molar-refractivity contribution in [3.8, 4) is 0 Å². The third-order valence-electron chi connectivity index (χ3n) is 2.29. The van der Waals surface area contributed by atoms with Crippen LogP contribution in [0.1, 0.15) is 19.3 Å². The molecule has 6 heteroatoms. The van der Waals surface area contributed by atoms with Crippen LogP contribution >= 0.6 is 0 Å². The van der Waals surface area contributed by atoms with Crippen molar-refractivity contribution in [3.05, 3.63) is 0 Å². The van der Waals surface area contributed by atoms with Gasteiger partial charge < -0.3 is 14.8 Å². The zero-order valence-electron chi connectivity index (χ0n) is 9.25. The Morgan fingerprint density at radius 3 is 2.69 bits per heavy atom. The second kappa shape index (κ2) is 6.75. The minimum atomic E-state index is -2.46. The van der Waals surface area contributed by atoms with Crippen LogP contribution in [0, 0.1) is 0 Å². The van der Waals surface area contributed by atoms with Gasteiger partial charge in [-0.2, -0.15) is 0 Å². The minimum Gasteiger partial charge on any atom is -0.468 e. The maximum atomic E-state index is 11.8. The summed E-state index contributed by atoms with van der Waals surface area (Å²) in [6.07, 6.45) is -0.0138. The van der Waals surface area contributed by atoms with E-state index in [1.54, 1.807) is 0 Å². The van der Waals surface area contributed by atoms with E-state index in [1.807, 2.05) is 0 Å². The van der Waals surface area contributed by atoms with Crippen LogP contribution in [-0.2, 0) is 14.3 Å². The molecule has 16 heavy (non-hydrogen) atoms. The van der Waals surface area contributed by atoms with Crippen LogP contribution in [0.15, 0.2) is 0 Å². The number of nitrogens with one attached hydrogen (secondary N) is 1. The Morgan fingerprint density at radius 1 is 1.50 bits per heavy atom. The molecular weight excluding hydrogens is 220 g/mol. The third kappa shape index (κ3) is 5.37. The summed E-state index contributed by atoms with van der Waals surface area (Å²) in [6.45, 7) is -0.457. The first kappa shape index (κ1) is 13.3. The lowest BCUT2D eigenvalue weighted by Crippen LogP contribution is -2.39. The van der Waals surface area contributed by atoms with Gasteiger partial charge in [0.25, 0.3) is 6.43 Å². The number of alkyl halides is 2. The highest BCUT2D eigenvalue weighted by molar-refractivity contribution is 5.75. The fourth-order valence-electron chi connectivity index (χ4n) is 1.32. The average Bonchev–Trinajstić information content (AvgIpc) is 3.05. The molecular formula is C10H17F2NO3. The van der Waals surface area contributed by atoms with Gasteiger partial charge in [0.2, 0.25) is 0 Å². The Bertz CT molecular complexity index is 222. The van der Waals surface area contributed by atoms with E-state index in [2.05, 4.69) is 10.1 Å². The molecule has 4 nitrogen and oxygen atoms in total. The first-order chi connectivity index (χ1) is 7.63. The van der Waals surface area contributed by atoms with Crippen molar-refractivity contribution in [2.24, 2.45) is 0 Å². The predicted octanol–water partition coefficient (Wildman–Crippen LogP) is 0.952. The van der Waals surface area contributed by atoms with Gasteiger partial charge >= 0.3 is 5.97 Å². The van der Waals surface area contributed by atoms with Crippen molar-refractivity contribution in [1.82, 2.24) is 5.32 Å². The highest BCUT2D eigenvalue weighted by Crippen LogP contribution is 2.20. The molecule has 1 rings (SSSR count). The largest absolute Gasteiger partial charge is 0.468 e. The monoisotopic (exact) mass is 237 g/mol. The van der Waals surface area contributed by atoms with Crippen LogP contribution in [0.3, 0.4) is 0 Å². The molecule has 0 aromatic rings. The van der Waals surface area contributed by atoms with E-state index >= 15 is 0 Å². The first-order valence-electron chi connectivity index (χ1n) is 5.33. The highest BCUT2D eigenvalue weighted by Gasteiger charge is 2.28. The van der Waals surface area contributed by atoms with Crippen molar-refractivity contribution < 1.29 is 23.0 Å². The molecule has 1 aliphatic carbocycles. The van der Waals surface area contributed by atoms with E-state index in [-0.39, 0.29) is 12.6 Å². The van der Waals surface area contributed by atoms with Gasteiger partial charge in [0, 0.05) is 12.6 Å². The van der Waals surface area contributed by atoms with E-state index in [1.165, 1.54) is 7.11 Å². The third-order valence-corrected chi connectivity index (χ3v) is 2.29. The topological polar surface area (TPSA) is 47.6 Å². The molecule has 1 saturated carbocycles. The number of carbonyl (C=O) groups is 1. The van der Waals surface area contributed by atoms with Crippen molar-refractivity contribution in [2.45, 2.75) is 37.8 Å². The van der Waals surface area contributed by atoms with Crippen LogP contribution < -0.4 is 5.32 Å². The van der Waals surface area contributed by atoms with Crippen molar-refractivity contribution in [2.75, 3.05) is 20.3 Å². The minimum absolute atomic E-state index is 0.129. The van der Waals surface area contributed by atoms with Gasteiger partial charge in [0.05, 0.1) is 7.11 Å². The van der Waals surface area contributed by atoms with Crippen molar-refractivity contribution in [1.29, 1.82) is 0 Å². The highest BCUT2D eigenvalue weighted by atomic mass is 19.3. The Hall–Kier alpha value is -0.750. The number of ether oxygens (including phenoxy) is 2. The second-order valence-corrected chi connectivity index (χ2v) is 3.77. The van der Waals surface area contributed by atoms with E-state index in [9.17, 15) is 13.6 Å². The molecule has 1 aliphatic rings. The molecule has 0 radical (unpaired) electrons. The van der Waals surface area contributed by atoms with Crippen LogP contribution in [0.5, 0.6) is 0 Å². The fraction of sp³-hybridized carbons (Fsp3) is 0.900. The van der Waals surface area contributed by atoms with E-state index in [0.29, 0.717) is 12.5 Å². The van der Waals surface area contributed by atoms with Crippen molar-refractivity contribution >= 4 is 5.97 Å². The summed E-state index contributed by atoms with van der Waals surface area (Å²) in [5, 5.41) is 3.09. The Kier molecular flexibility index (Phi) is 5.62. The summed E-state index contributed by atoms with van der Waals surface area (Å²) < 4.78 is 32.9. The van der Waals surface area contributed by atoms with Crippen LogP contribution in [0.4, 0.5) is 8.78 Å². The second-order valence-electron chi connectivity index (χ2n) is 3.77. The van der Waals surface area contributed by atoms with Gasteiger partial charge in [-0.05, 0) is 19.3 Å². The fourth-order valence-corrected chi connectivity index (χ4v) is 1.32. The Balaban J connectivity index is 2.18. The lowest BCUT2D eigenvalue weighted by atomic mass is 10.2. The molecule has 1 atom stereocenters. The SMILES string of the molecule is COC(=O)C(CCOCC(F)F)NC1CC1. The molecule has 0 amide bonds. The van der Waals surface area contributed by atoms with E-state index in [0.717, 1.165) is 12.8 Å². The smallest absolute Gasteiger partial charge is 0.322 e. The molecule has 1 fully saturated rings. The van der Waals surface area contributed by atoms with E-state index in [4.69, 9.17) is 4.74 Å². The maximum Gasteiger partial charge on any atom is 0.322 e. The predicted molar refractivity (Wildman–Crippen MR) is 53.4 cm³/mol. The molecule has 0 bridgehead atoms. The summed E-state index contributed by atoms with van der Waals surface area (Å²) in [6, 6.07) is -0.0885. The number of carbonyl (C=O) groups excluding carboxylic acids is 1. The molecule has 0 spiro atoms. The normalized spacial score (nSPS) is 17.5. The summed E-state index contributed by atoms with van der Waals surface area (Å²) in [7, 11) is 1.31. The van der Waals surface area contributed by atoms with Crippen molar-refractivity contribution in [3.63, 3.8) is 0 Å². The Morgan fingerprint density at radius 2 is 2.19 bits per heavy atom. The number of hydrogen-bond acceptors (Lipinski definition) is 4. The van der Waals surface area contributed by atoms with Gasteiger partial charge in [-0.25, -0.2) is 8.78 Å². The number of halogens is 2. The molecule has 0 aromatic carbocycles. The standard InChI is InChI=1S/C10H17F2NO3/c1-15-10(14)8(13-7-2-3-7)4-5-16-6-9(11)12/h7-9,13H,2-6H2,1H3. The molecule has 1 unspecified atom stereocenters. The van der Waals surface area contributed by atoms with Crippen LogP contribution in [0.25, 0.3) is 0 Å². The van der Waals surface area contributed by atoms with Crippen LogP contribution in [0.2, 0.25) is 0 Å². The van der Waals surface area contributed by atoms with Gasteiger partial charge in [-0.15, -0.1) is 0 Å². The zero-order chi connectivity index (χ0) is 12.0. The van der Waals surface area contributed by atoms with E-state index < -0.39 is 19.1 Å². The van der Waals surface area contributed by atoms with Gasteiger partial charge in [-0.1, -0.05) is 0 Å². The number of methoxy groups -OCH3 is 1. The summed E-state index contributed by atoms with van der Waals surface area (Å²) in [5.41, 5.74) is 0. The first-order valence-corrected chi connectivity index (χ1v) is 5.33.